The summed E-state index contributed by atoms with van der Waals surface area (Å²) in [5.41, 5.74) is 0. The van der Waals surface area contributed by atoms with Gasteiger partial charge in [-0.25, -0.2) is 0 Å². The molecule has 2 aromatic rings. The highest BCUT2D eigenvalue weighted by molar-refractivity contribution is 7.08. The van der Waals surface area contributed by atoms with Gasteiger partial charge in [0, 0.05) is 21.5 Å². The summed E-state index contributed by atoms with van der Waals surface area (Å²) < 4.78 is 32.1. The molecule has 0 saturated heterocycles. The number of rotatable bonds is 7. The van der Waals surface area contributed by atoms with Crippen LogP contribution in [0.2, 0.25) is 0 Å². The molecule has 0 aromatic carbocycles. The van der Waals surface area contributed by atoms with Crippen LogP contribution in [0.15, 0.2) is 46.8 Å². The molecule has 2 aliphatic heterocycles. The minimum atomic E-state index is -0.357. The summed E-state index contributed by atoms with van der Waals surface area (Å²) in [5.74, 6) is 2.31. The second-order valence-corrected chi connectivity index (χ2v) is 8.14. The van der Waals surface area contributed by atoms with Gasteiger partial charge in [-0.05, 0) is 0 Å². The van der Waals surface area contributed by atoms with Crippen LogP contribution < -0.4 is 18.9 Å². The van der Waals surface area contributed by atoms with E-state index >= 15 is 0 Å². The van der Waals surface area contributed by atoms with Crippen LogP contribution >= 0.6 is 22.7 Å². The van der Waals surface area contributed by atoms with E-state index < -0.39 is 0 Å². The monoisotopic (exact) mass is 480 g/mol. The predicted molar refractivity (Wildman–Crippen MR) is 120 cm³/mol. The molecule has 0 amide bonds. The smallest absolute Gasteiger partial charge is 0.310 e. The van der Waals surface area contributed by atoms with E-state index in [1.807, 2.05) is 21.5 Å². The number of hydrogen-bond acceptors (Lipinski definition) is 10. The Hall–Kier alpha value is -2.98. The first-order valence-electron chi connectivity index (χ1n) is 9.83. The Labute approximate surface area is 193 Å². The van der Waals surface area contributed by atoms with E-state index in [-0.39, 0.29) is 43.6 Å². The van der Waals surface area contributed by atoms with E-state index in [1.165, 1.54) is 34.8 Å². The number of carbonyl (C=O) groups is 2. The van der Waals surface area contributed by atoms with Gasteiger partial charge < -0.3 is 28.4 Å². The second kappa shape index (κ2) is 12.2. The molecule has 0 spiro atoms. The molecule has 0 fully saturated rings. The molecular weight excluding hydrogens is 456 g/mol. The minimum absolute atomic E-state index is 0.206. The second-order valence-electron chi connectivity index (χ2n) is 6.65. The highest BCUT2D eigenvalue weighted by Gasteiger charge is 2.23. The zero-order valence-corrected chi connectivity index (χ0v) is 19.0. The average molecular weight is 481 g/mol. The molecule has 4 heterocycles. The lowest BCUT2D eigenvalue weighted by molar-refractivity contribution is -0.150. The quantitative estimate of drug-likeness (QED) is 0.434. The Morgan fingerprint density at radius 3 is 2.03 bits per heavy atom. The zero-order chi connectivity index (χ0) is 22.8. The lowest BCUT2D eigenvalue weighted by atomic mass is 10.3. The molecule has 10 heteroatoms. The highest BCUT2D eigenvalue weighted by Crippen LogP contribution is 2.35. The Balaban J connectivity index is 0.000000181. The van der Waals surface area contributed by atoms with Gasteiger partial charge in [0.1, 0.15) is 26.4 Å². The Morgan fingerprint density at radius 1 is 0.875 bits per heavy atom. The van der Waals surface area contributed by atoms with Crippen molar-refractivity contribution in [2.45, 2.75) is 25.0 Å². The third kappa shape index (κ3) is 7.03. The normalized spacial score (nSPS) is 16.6. The van der Waals surface area contributed by atoms with Crippen molar-refractivity contribution >= 4 is 34.6 Å². The molecule has 32 heavy (non-hydrogen) atoms. The van der Waals surface area contributed by atoms with Gasteiger partial charge in [-0.2, -0.15) is 0 Å². The number of carbonyl (C=O) groups excluding carboxylic acids is 2. The topological polar surface area (TPSA) is 89.5 Å². The minimum Gasteiger partial charge on any atom is -0.485 e. The predicted octanol–water partition coefficient (Wildman–Crippen LogP) is 4.01. The molecule has 0 N–H and O–H groups in total. The summed E-state index contributed by atoms with van der Waals surface area (Å²) in [7, 11) is 0. The number of fused-ring (bicyclic) bond motifs is 2. The van der Waals surface area contributed by atoms with E-state index in [1.54, 1.807) is 0 Å². The van der Waals surface area contributed by atoms with Crippen LogP contribution in [0.3, 0.4) is 0 Å². The summed E-state index contributed by atoms with van der Waals surface area (Å²) in [6.45, 7) is 8.21. The molecule has 4 rings (SSSR count). The van der Waals surface area contributed by atoms with Crippen molar-refractivity contribution in [3.63, 3.8) is 0 Å². The number of ether oxygens (including phenoxy) is 6. The highest BCUT2D eigenvalue weighted by atomic mass is 32.1. The average Bonchev–Trinajstić information content (AvgIpc) is 3.40. The molecule has 0 radical (unpaired) electrons. The lowest BCUT2D eigenvalue weighted by Gasteiger charge is -2.23. The van der Waals surface area contributed by atoms with Crippen molar-refractivity contribution in [1.82, 2.24) is 0 Å². The van der Waals surface area contributed by atoms with Crippen LogP contribution in [0.1, 0.15) is 12.8 Å². The molecular formula is C22H24O8S2. The first-order valence-corrected chi connectivity index (χ1v) is 11.7. The van der Waals surface area contributed by atoms with Gasteiger partial charge in [0.15, 0.2) is 35.2 Å². The van der Waals surface area contributed by atoms with E-state index in [0.717, 1.165) is 11.5 Å². The molecule has 0 bridgehead atoms. The standard InChI is InChI=1S/2C11H12O4S/c1-2-3-11(12)14-5-8-4-13-9-6-16-7-10(9)15-8;1-2-3-11(12)15-8-4-13-9-6-16-7-10(9)14-5-8/h2*2,6-8H,1,3-5H2. The maximum Gasteiger partial charge on any atom is 0.310 e. The summed E-state index contributed by atoms with van der Waals surface area (Å²) in [4.78, 5) is 22.3. The zero-order valence-electron chi connectivity index (χ0n) is 17.4. The Morgan fingerprint density at radius 2 is 1.41 bits per heavy atom. The van der Waals surface area contributed by atoms with Gasteiger partial charge in [-0.1, -0.05) is 12.2 Å². The third-order valence-corrected chi connectivity index (χ3v) is 5.50. The van der Waals surface area contributed by atoms with Gasteiger partial charge in [-0.15, -0.1) is 35.8 Å². The van der Waals surface area contributed by atoms with Crippen LogP contribution in [0.5, 0.6) is 23.0 Å². The van der Waals surface area contributed by atoms with Crippen molar-refractivity contribution in [2.24, 2.45) is 0 Å². The van der Waals surface area contributed by atoms with Crippen molar-refractivity contribution in [3.05, 3.63) is 46.8 Å². The molecule has 172 valence electrons. The summed E-state index contributed by atoms with van der Waals surface area (Å²) in [6.07, 6.45) is 2.87. The van der Waals surface area contributed by atoms with Crippen molar-refractivity contribution in [2.75, 3.05) is 26.4 Å². The third-order valence-electron chi connectivity index (χ3n) is 4.10. The van der Waals surface area contributed by atoms with Crippen molar-refractivity contribution in [3.8, 4) is 23.0 Å². The molecule has 1 atom stereocenters. The number of thiophene rings is 2. The van der Waals surface area contributed by atoms with Crippen LogP contribution in [0.25, 0.3) is 0 Å². The molecule has 0 saturated carbocycles. The van der Waals surface area contributed by atoms with Crippen molar-refractivity contribution < 1.29 is 38.0 Å². The van der Waals surface area contributed by atoms with Gasteiger partial charge >= 0.3 is 11.9 Å². The SMILES string of the molecule is C=CCC(=O)OC1COc2cscc2OC1.C=CCC(=O)OCC1COc2cscc2O1. The molecule has 1 unspecified atom stereocenters. The molecule has 2 aliphatic rings. The fraction of sp³-hybridized carbons (Fsp3) is 0.364. The van der Waals surface area contributed by atoms with Crippen LogP contribution in [0.4, 0.5) is 0 Å². The maximum absolute atomic E-state index is 11.2. The summed E-state index contributed by atoms with van der Waals surface area (Å²) >= 11 is 3.04. The first kappa shape index (κ1) is 23.7. The summed E-state index contributed by atoms with van der Waals surface area (Å²) in [6, 6.07) is 0. The lowest BCUT2D eigenvalue weighted by Crippen LogP contribution is -2.33. The van der Waals surface area contributed by atoms with Gasteiger partial charge in [0.2, 0.25) is 0 Å². The fourth-order valence-electron chi connectivity index (χ4n) is 2.62. The van der Waals surface area contributed by atoms with Gasteiger partial charge in [0.25, 0.3) is 0 Å². The maximum atomic E-state index is 11.2. The van der Waals surface area contributed by atoms with Crippen molar-refractivity contribution in [1.29, 1.82) is 0 Å². The van der Waals surface area contributed by atoms with Crippen LogP contribution in [-0.2, 0) is 19.1 Å². The van der Waals surface area contributed by atoms with E-state index in [9.17, 15) is 9.59 Å². The largest absolute Gasteiger partial charge is 0.485 e. The Kier molecular flexibility index (Phi) is 9.00. The van der Waals surface area contributed by atoms with Crippen LogP contribution in [0, 0.1) is 0 Å². The molecule has 2 aromatic heterocycles. The van der Waals surface area contributed by atoms with Gasteiger partial charge in [0.05, 0.1) is 12.8 Å². The van der Waals surface area contributed by atoms with Gasteiger partial charge in [-0.3, -0.25) is 9.59 Å². The van der Waals surface area contributed by atoms with Crippen LogP contribution in [-0.4, -0.2) is 50.6 Å². The fourth-order valence-corrected chi connectivity index (χ4v) is 3.98. The number of hydrogen-bond donors (Lipinski definition) is 0. The van der Waals surface area contributed by atoms with E-state index in [4.69, 9.17) is 28.4 Å². The van der Waals surface area contributed by atoms with E-state index in [0.29, 0.717) is 31.3 Å². The Bertz CT molecular complexity index is 888. The number of esters is 2. The molecule has 8 nitrogen and oxygen atoms in total. The summed E-state index contributed by atoms with van der Waals surface area (Å²) in [5, 5.41) is 7.48. The molecule has 0 aliphatic carbocycles. The van der Waals surface area contributed by atoms with E-state index in [2.05, 4.69) is 13.2 Å². The first-order chi connectivity index (χ1) is 15.6.